The fraction of sp³-hybridized carbons (Fsp3) is 0.273. The van der Waals surface area contributed by atoms with Crippen molar-refractivity contribution in [2.24, 2.45) is 0 Å². The van der Waals surface area contributed by atoms with Crippen LogP contribution < -0.4 is 10.0 Å². The zero-order valence-corrected chi connectivity index (χ0v) is 12.0. The largest absolute Gasteiger partial charge is 0.319 e. The number of hydrogen-bond donors (Lipinski definition) is 2. The predicted octanol–water partition coefficient (Wildman–Crippen LogP) is 1.10. The first-order valence-electron chi connectivity index (χ1n) is 5.63. The number of likely N-dealkylation sites (N-methyl/N-ethyl adjacent to an activating group) is 1. The molecule has 0 fully saturated rings. The van der Waals surface area contributed by atoms with Crippen LogP contribution in [0.2, 0.25) is 0 Å². The molecule has 0 bridgehead atoms. The lowest BCUT2D eigenvalue weighted by molar-refractivity contribution is 0.603. The van der Waals surface area contributed by atoms with Gasteiger partial charge < -0.3 is 5.32 Å². The first-order chi connectivity index (χ1) is 9.12. The molecule has 2 heterocycles. The van der Waals surface area contributed by atoms with Crippen LogP contribution in [-0.2, 0) is 16.4 Å². The maximum Gasteiger partial charge on any atom is 0.271 e. The molecule has 102 valence electrons. The van der Waals surface area contributed by atoms with Crippen LogP contribution in [0.3, 0.4) is 0 Å². The van der Waals surface area contributed by atoms with Gasteiger partial charge in [0.15, 0.2) is 0 Å². The molecule has 0 saturated heterocycles. The average molecular weight is 298 g/mol. The first-order valence-corrected chi connectivity index (χ1v) is 7.93. The van der Waals surface area contributed by atoms with E-state index in [9.17, 15) is 8.42 Å². The molecule has 0 aromatic carbocycles. The molecule has 0 aliphatic rings. The SMILES string of the molecule is CNCCc1ccc(S(=O)(=O)Nc2cncnc2)s1. The van der Waals surface area contributed by atoms with Gasteiger partial charge in [0.1, 0.15) is 10.5 Å². The van der Waals surface area contributed by atoms with Crippen molar-refractivity contribution in [3.8, 4) is 0 Å². The number of hydrogen-bond acceptors (Lipinski definition) is 6. The van der Waals surface area contributed by atoms with Gasteiger partial charge in [-0.1, -0.05) is 0 Å². The van der Waals surface area contributed by atoms with Gasteiger partial charge in [0.05, 0.1) is 18.1 Å². The molecule has 0 spiro atoms. The molecule has 19 heavy (non-hydrogen) atoms. The number of nitrogens with zero attached hydrogens (tertiary/aromatic N) is 2. The van der Waals surface area contributed by atoms with Gasteiger partial charge in [0, 0.05) is 4.88 Å². The van der Waals surface area contributed by atoms with E-state index >= 15 is 0 Å². The van der Waals surface area contributed by atoms with E-state index in [0.29, 0.717) is 9.90 Å². The number of aromatic nitrogens is 2. The molecule has 0 unspecified atom stereocenters. The topological polar surface area (TPSA) is 84.0 Å². The normalized spacial score (nSPS) is 11.4. The summed E-state index contributed by atoms with van der Waals surface area (Å²) < 4.78 is 27.0. The Morgan fingerprint density at radius 3 is 2.68 bits per heavy atom. The van der Waals surface area contributed by atoms with E-state index in [1.807, 2.05) is 13.1 Å². The van der Waals surface area contributed by atoms with Gasteiger partial charge in [-0.2, -0.15) is 0 Å². The maximum absolute atomic E-state index is 12.1. The van der Waals surface area contributed by atoms with Crippen molar-refractivity contribution in [3.63, 3.8) is 0 Å². The van der Waals surface area contributed by atoms with Gasteiger partial charge in [-0.05, 0) is 32.1 Å². The molecule has 0 saturated carbocycles. The Bertz CT molecular complexity index is 625. The Balaban J connectivity index is 2.13. The Hall–Kier alpha value is -1.51. The number of rotatable bonds is 6. The second-order valence-corrected chi connectivity index (χ2v) is 6.88. The van der Waals surface area contributed by atoms with Crippen molar-refractivity contribution >= 4 is 27.0 Å². The highest BCUT2D eigenvalue weighted by Crippen LogP contribution is 2.23. The summed E-state index contributed by atoms with van der Waals surface area (Å²) >= 11 is 1.27. The number of sulfonamides is 1. The van der Waals surface area contributed by atoms with E-state index in [-0.39, 0.29) is 0 Å². The third-order valence-electron chi connectivity index (χ3n) is 2.34. The lowest BCUT2D eigenvalue weighted by Gasteiger charge is -2.04. The van der Waals surface area contributed by atoms with Crippen LogP contribution in [0.1, 0.15) is 4.88 Å². The van der Waals surface area contributed by atoms with Gasteiger partial charge in [-0.25, -0.2) is 18.4 Å². The van der Waals surface area contributed by atoms with Crippen molar-refractivity contribution < 1.29 is 8.42 Å². The summed E-state index contributed by atoms with van der Waals surface area (Å²) in [6.07, 6.45) is 4.99. The molecule has 2 aromatic heterocycles. The molecular formula is C11H14N4O2S2. The predicted molar refractivity (Wildman–Crippen MR) is 74.8 cm³/mol. The number of anilines is 1. The molecule has 2 N–H and O–H groups in total. The summed E-state index contributed by atoms with van der Waals surface area (Å²) in [6.45, 7) is 0.819. The van der Waals surface area contributed by atoms with Crippen LogP contribution in [0.5, 0.6) is 0 Å². The van der Waals surface area contributed by atoms with E-state index in [2.05, 4.69) is 20.0 Å². The second-order valence-electron chi connectivity index (χ2n) is 3.81. The van der Waals surface area contributed by atoms with E-state index in [1.165, 1.54) is 30.1 Å². The molecule has 0 amide bonds. The van der Waals surface area contributed by atoms with Crippen molar-refractivity contribution in [2.45, 2.75) is 10.6 Å². The summed E-state index contributed by atoms with van der Waals surface area (Å²) in [5.74, 6) is 0. The minimum Gasteiger partial charge on any atom is -0.319 e. The molecule has 0 aliphatic carbocycles. The van der Waals surface area contributed by atoms with E-state index in [1.54, 1.807) is 6.07 Å². The van der Waals surface area contributed by atoms with Crippen molar-refractivity contribution in [3.05, 3.63) is 35.7 Å². The molecule has 0 atom stereocenters. The Labute approximate surface area is 116 Å². The van der Waals surface area contributed by atoms with Crippen LogP contribution in [0.25, 0.3) is 0 Å². The average Bonchev–Trinajstić information content (AvgIpc) is 2.86. The van der Waals surface area contributed by atoms with Crippen molar-refractivity contribution in [2.75, 3.05) is 18.3 Å². The summed E-state index contributed by atoms with van der Waals surface area (Å²) in [7, 11) is -1.69. The fourth-order valence-electron chi connectivity index (χ4n) is 1.44. The van der Waals surface area contributed by atoms with Crippen molar-refractivity contribution in [1.82, 2.24) is 15.3 Å². The Morgan fingerprint density at radius 2 is 2.00 bits per heavy atom. The lowest BCUT2D eigenvalue weighted by atomic mass is 10.3. The lowest BCUT2D eigenvalue weighted by Crippen LogP contribution is -2.11. The highest BCUT2D eigenvalue weighted by Gasteiger charge is 2.17. The second kappa shape index (κ2) is 6.09. The van der Waals surface area contributed by atoms with Gasteiger partial charge in [-0.3, -0.25) is 4.72 Å². The minimum atomic E-state index is -3.55. The summed E-state index contributed by atoms with van der Waals surface area (Å²) in [6, 6.07) is 3.44. The van der Waals surface area contributed by atoms with E-state index in [4.69, 9.17) is 0 Å². The van der Waals surface area contributed by atoms with Gasteiger partial charge in [0.25, 0.3) is 10.0 Å². The summed E-state index contributed by atoms with van der Waals surface area (Å²) in [5, 5.41) is 3.03. The number of thiophene rings is 1. The van der Waals surface area contributed by atoms with Gasteiger partial charge in [0.2, 0.25) is 0 Å². The zero-order valence-electron chi connectivity index (χ0n) is 10.3. The molecular weight excluding hydrogens is 284 g/mol. The summed E-state index contributed by atoms with van der Waals surface area (Å²) in [4.78, 5) is 8.56. The third kappa shape index (κ3) is 3.72. The van der Waals surface area contributed by atoms with Crippen LogP contribution in [0, 0.1) is 0 Å². The number of nitrogens with one attached hydrogen (secondary N) is 2. The Kier molecular flexibility index (Phi) is 4.46. The molecule has 8 heteroatoms. The standard InChI is InChI=1S/C11H14N4O2S2/c1-12-5-4-10-2-3-11(18-10)19(16,17)15-9-6-13-8-14-7-9/h2-3,6-8,12,15H,4-5H2,1H3. The molecule has 2 aromatic rings. The highest BCUT2D eigenvalue weighted by molar-refractivity contribution is 7.94. The highest BCUT2D eigenvalue weighted by atomic mass is 32.2. The molecule has 0 radical (unpaired) electrons. The van der Waals surface area contributed by atoms with Gasteiger partial charge in [-0.15, -0.1) is 11.3 Å². The van der Waals surface area contributed by atoms with Gasteiger partial charge >= 0.3 is 0 Å². The van der Waals surface area contributed by atoms with Crippen LogP contribution in [-0.4, -0.2) is 32.0 Å². The Morgan fingerprint density at radius 1 is 1.26 bits per heavy atom. The minimum absolute atomic E-state index is 0.294. The third-order valence-corrected chi connectivity index (χ3v) is 5.35. The van der Waals surface area contributed by atoms with Crippen LogP contribution in [0.15, 0.2) is 35.1 Å². The zero-order chi connectivity index (χ0) is 13.7. The first kappa shape index (κ1) is 13.9. The smallest absolute Gasteiger partial charge is 0.271 e. The van der Waals surface area contributed by atoms with E-state index < -0.39 is 10.0 Å². The van der Waals surface area contributed by atoms with Crippen molar-refractivity contribution in [1.29, 1.82) is 0 Å². The fourth-order valence-corrected chi connectivity index (χ4v) is 3.83. The monoisotopic (exact) mass is 298 g/mol. The quantitative estimate of drug-likeness (QED) is 0.834. The molecule has 6 nitrogen and oxygen atoms in total. The van der Waals surface area contributed by atoms with Crippen LogP contribution in [0.4, 0.5) is 5.69 Å². The summed E-state index contributed by atoms with van der Waals surface area (Å²) in [5.41, 5.74) is 0.354. The van der Waals surface area contributed by atoms with E-state index in [0.717, 1.165) is 17.8 Å². The maximum atomic E-state index is 12.1. The van der Waals surface area contributed by atoms with Crippen LogP contribution >= 0.6 is 11.3 Å². The molecule has 2 rings (SSSR count). The molecule has 0 aliphatic heterocycles.